The monoisotopic (exact) mass is 372 g/mol. The van der Waals surface area contributed by atoms with Gasteiger partial charge in [0.15, 0.2) is 0 Å². The Morgan fingerprint density at radius 2 is 2.00 bits per heavy atom. The van der Waals surface area contributed by atoms with Crippen LogP contribution in [0.5, 0.6) is 5.75 Å². The predicted octanol–water partition coefficient (Wildman–Crippen LogP) is 1.93. The first kappa shape index (κ1) is 16.7. The van der Waals surface area contributed by atoms with Gasteiger partial charge in [0.05, 0.1) is 13.0 Å². The van der Waals surface area contributed by atoms with Crippen molar-refractivity contribution in [2.75, 3.05) is 20.2 Å². The minimum absolute atomic E-state index is 0.127. The lowest BCUT2D eigenvalue weighted by Crippen LogP contribution is -2.48. The molecule has 1 fully saturated rings. The lowest BCUT2D eigenvalue weighted by molar-refractivity contribution is 0.216. The summed E-state index contributed by atoms with van der Waals surface area (Å²) < 4.78 is 37.4. The second-order valence-electron chi connectivity index (χ2n) is 5.87. The summed E-state index contributed by atoms with van der Waals surface area (Å²) in [6, 6.07) is 10.2. The van der Waals surface area contributed by atoms with Gasteiger partial charge in [0.1, 0.15) is 10.6 Å². The van der Waals surface area contributed by atoms with Gasteiger partial charge in [-0.25, -0.2) is 8.42 Å². The third kappa shape index (κ3) is 2.85. The van der Waals surface area contributed by atoms with Gasteiger partial charge >= 0.3 is 0 Å². The molecule has 0 atom stereocenters. The third-order valence-corrected chi connectivity index (χ3v) is 6.12. The molecule has 1 aromatic carbocycles. The Morgan fingerprint density at radius 1 is 1.19 bits per heavy atom. The quantitative estimate of drug-likeness (QED) is 0.675. The fourth-order valence-electron chi connectivity index (χ4n) is 2.77. The highest BCUT2D eigenvalue weighted by Gasteiger charge is 2.41. The molecule has 26 heavy (non-hydrogen) atoms. The molecule has 134 valence electrons. The van der Waals surface area contributed by atoms with Crippen LogP contribution in [0.25, 0.3) is 11.4 Å². The maximum atomic E-state index is 12.8. The molecule has 0 unspecified atom stereocenters. The van der Waals surface area contributed by atoms with Gasteiger partial charge in [0.2, 0.25) is 21.7 Å². The van der Waals surface area contributed by atoms with E-state index in [9.17, 15) is 8.42 Å². The summed E-state index contributed by atoms with van der Waals surface area (Å²) in [5.74, 6) is 1.07. The molecule has 4 rings (SSSR count). The number of pyridine rings is 1. The first-order valence-electron chi connectivity index (χ1n) is 7.97. The van der Waals surface area contributed by atoms with E-state index in [1.807, 2.05) is 6.07 Å². The highest BCUT2D eigenvalue weighted by atomic mass is 32.2. The molecule has 0 bridgehead atoms. The standard InChI is InChI=1S/C17H16N4O4S/c1-24-14-6-2-3-7-15(14)26(22,23)21-10-13(11-21)17-19-16(20-25-17)12-5-4-8-18-9-12/h2-9,13H,10-11H2,1H3. The van der Waals surface area contributed by atoms with Gasteiger partial charge in [-0.1, -0.05) is 17.3 Å². The third-order valence-electron chi connectivity index (χ3n) is 4.25. The average molecular weight is 372 g/mol. The molecule has 2 aromatic heterocycles. The van der Waals surface area contributed by atoms with Gasteiger partial charge < -0.3 is 9.26 Å². The summed E-state index contributed by atoms with van der Waals surface area (Å²) in [6.07, 6.45) is 3.31. The number of methoxy groups -OCH3 is 1. The second kappa shape index (κ2) is 6.50. The summed E-state index contributed by atoms with van der Waals surface area (Å²) >= 11 is 0. The molecule has 0 saturated carbocycles. The number of ether oxygens (including phenoxy) is 1. The Labute approximate surface area is 150 Å². The maximum Gasteiger partial charge on any atom is 0.246 e. The van der Waals surface area contributed by atoms with E-state index in [-0.39, 0.29) is 23.9 Å². The summed E-state index contributed by atoms with van der Waals surface area (Å²) in [4.78, 5) is 8.54. The van der Waals surface area contributed by atoms with Crippen LogP contribution < -0.4 is 4.74 Å². The minimum atomic E-state index is -3.62. The molecule has 0 radical (unpaired) electrons. The number of hydrogen-bond acceptors (Lipinski definition) is 7. The molecular formula is C17H16N4O4S. The largest absolute Gasteiger partial charge is 0.495 e. The Morgan fingerprint density at radius 3 is 2.73 bits per heavy atom. The molecule has 0 N–H and O–H groups in total. The van der Waals surface area contributed by atoms with E-state index < -0.39 is 10.0 Å². The number of para-hydroxylation sites is 1. The molecule has 0 amide bonds. The van der Waals surface area contributed by atoms with Crippen molar-refractivity contribution < 1.29 is 17.7 Å². The zero-order chi connectivity index (χ0) is 18.1. The summed E-state index contributed by atoms with van der Waals surface area (Å²) in [6.45, 7) is 0.574. The lowest BCUT2D eigenvalue weighted by atomic mass is 10.0. The zero-order valence-electron chi connectivity index (χ0n) is 13.9. The van der Waals surface area contributed by atoms with Gasteiger partial charge in [-0.15, -0.1) is 0 Å². The predicted molar refractivity (Wildman–Crippen MR) is 92.0 cm³/mol. The van der Waals surface area contributed by atoms with Gasteiger partial charge in [-0.2, -0.15) is 9.29 Å². The Hall–Kier alpha value is -2.78. The number of hydrogen-bond donors (Lipinski definition) is 0. The smallest absolute Gasteiger partial charge is 0.246 e. The maximum absolute atomic E-state index is 12.8. The average Bonchev–Trinajstić information content (AvgIpc) is 3.10. The van der Waals surface area contributed by atoms with Crippen molar-refractivity contribution in [1.29, 1.82) is 0 Å². The molecule has 9 heteroatoms. The number of rotatable bonds is 5. The number of benzene rings is 1. The Bertz CT molecular complexity index is 1010. The van der Waals surface area contributed by atoms with E-state index in [0.29, 0.717) is 17.5 Å². The molecule has 3 aromatic rings. The normalized spacial score (nSPS) is 15.6. The van der Waals surface area contributed by atoms with E-state index in [1.54, 1.807) is 36.7 Å². The lowest BCUT2D eigenvalue weighted by Gasteiger charge is -2.36. The first-order chi connectivity index (χ1) is 12.6. The summed E-state index contributed by atoms with van der Waals surface area (Å²) in [5.41, 5.74) is 0.750. The zero-order valence-corrected chi connectivity index (χ0v) is 14.8. The molecule has 1 aliphatic heterocycles. The fraction of sp³-hybridized carbons (Fsp3) is 0.235. The van der Waals surface area contributed by atoms with Crippen LogP contribution in [0, 0.1) is 0 Å². The van der Waals surface area contributed by atoms with Crippen LogP contribution in [0.1, 0.15) is 11.8 Å². The topological polar surface area (TPSA) is 98.4 Å². The van der Waals surface area contributed by atoms with Gasteiger partial charge in [-0.05, 0) is 24.3 Å². The van der Waals surface area contributed by atoms with Crippen molar-refractivity contribution >= 4 is 10.0 Å². The Kier molecular flexibility index (Phi) is 4.17. The van der Waals surface area contributed by atoms with Crippen LogP contribution in [0.4, 0.5) is 0 Å². The van der Waals surface area contributed by atoms with Crippen molar-refractivity contribution in [3.05, 3.63) is 54.7 Å². The fourth-order valence-corrected chi connectivity index (χ4v) is 4.46. The van der Waals surface area contributed by atoms with Crippen molar-refractivity contribution in [2.45, 2.75) is 10.8 Å². The van der Waals surface area contributed by atoms with Crippen LogP contribution in [0.2, 0.25) is 0 Å². The van der Waals surface area contributed by atoms with Crippen LogP contribution in [-0.2, 0) is 10.0 Å². The van der Waals surface area contributed by atoms with Crippen molar-refractivity contribution in [2.24, 2.45) is 0 Å². The van der Waals surface area contributed by atoms with Crippen LogP contribution in [0.3, 0.4) is 0 Å². The molecule has 1 saturated heterocycles. The van der Waals surface area contributed by atoms with Gasteiger partial charge in [0, 0.05) is 31.0 Å². The van der Waals surface area contributed by atoms with Crippen LogP contribution in [0.15, 0.2) is 58.2 Å². The number of nitrogens with zero attached hydrogens (tertiary/aromatic N) is 4. The van der Waals surface area contributed by atoms with E-state index in [4.69, 9.17) is 9.26 Å². The van der Waals surface area contributed by atoms with E-state index >= 15 is 0 Å². The molecule has 3 heterocycles. The van der Waals surface area contributed by atoms with Crippen LogP contribution >= 0.6 is 0 Å². The van der Waals surface area contributed by atoms with Crippen molar-refractivity contribution in [3.8, 4) is 17.1 Å². The number of sulfonamides is 1. The van der Waals surface area contributed by atoms with Crippen molar-refractivity contribution in [3.63, 3.8) is 0 Å². The summed E-state index contributed by atoms with van der Waals surface area (Å²) in [7, 11) is -2.17. The van der Waals surface area contributed by atoms with E-state index in [2.05, 4.69) is 15.1 Å². The summed E-state index contributed by atoms with van der Waals surface area (Å²) in [5, 5.41) is 3.95. The van der Waals surface area contributed by atoms with Gasteiger partial charge in [-0.3, -0.25) is 4.98 Å². The van der Waals surface area contributed by atoms with E-state index in [0.717, 1.165) is 5.56 Å². The molecule has 8 nitrogen and oxygen atoms in total. The molecule has 1 aliphatic rings. The van der Waals surface area contributed by atoms with Crippen LogP contribution in [-0.4, -0.2) is 48.0 Å². The SMILES string of the molecule is COc1ccccc1S(=O)(=O)N1CC(c2nc(-c3cccnc3)no2)C1. The van der Waals surface area contributed by atoms with Crippen molar-refractivity contribution in [1.82, 2.24) is 19.4 Å². The highest BCUT2D eigenvalue weighted by Crippen LogP contribution is 2.34. The Balaban J connectivity index is 1.50. The minimum Gasteiger partial charge on any atom is -0.495 e. The highest BCUT2D eigenvalue weighted by molar-refractivity contribution is 7.89. The molecule has 0 spiro atoms. The van der Waals surface area contributed by atoms with E-state index in [1.165, 1.54) is 17.5 Å². The second-order valence-corrected chi connectivity index (χ2v) is 7.77. The molecule has 0 aliphatic carbocycles. The van der Waals surface area contributed by atoms with Gasteiger partial charge in [0.25, 0.3) is 0 Å². The number of aromatic nitrogens is 3. The first-order valence-corrected chi connectivity index (χ1v) is 9.41. The molecular weight excluding hydrogens is 356 g/mol.